The van der Waals surface area contributed by atoms with E-state index < -0.39 is 17.6 Å². The maximum absolute atomic E-state index is 13.2. The van der Waals surface area contributed by atoms with Crippen LogP contribution >= 0.6 is 0 Å². The molecular weight excluding hydrogens is 326 g/mol. The van der Waals surface area contributed by atoms with Crippen molar-refractivity contribution in [3.8, 4) is 0 Å². The molecule has 0 amide bonds. The molecule has 0 heterocycles. The Morgan fingerprint density at radius 2 is 1.52 bits per heavy atom. The van der Waals surface area contributed by atoms with E-state index in [9.17, 15) is 8.78 Å². The number of halogens is 2. The highest BCUT2D eigenvalue weighted by molar-refractivity contribution is 5.17. The van der Waals surface area contributed by atoms with Crippen LogP contribution in [0.1, 0.15) is 63.9 Å². The van der Waals surface area contributed by atoms with Gasteiger partial charge in [0, 0.05) is 20.6 Å². The van der Waals surface area contributed by atoms with Crippen LogP contribution in [0.2, 0.25) is 0 Å². The number of rotatable bonds is 14. The first-order valence-electron chi connectivity index (χ1n) is 9.25. The molecule has 3 nitrogen and oxygen atoms in total. The van der Waals surface area contributed by atoms with E-state index in [4.69, 9.17) is 14.2 Å². The Kier molecular flexibility index (Phi) is 10.9. The number of hydrogen-bond acceptors (Lipinski definition) is 3. The summed E-state index contributed by atoms with van der Waals surface area (Å²) in [6.07, 6.45) is 9.49. The lowest BCUT2D eigenvalue weighted by Gasteiger charge is -2.30. The summed E-state index contributed by atoms with van der Waals surface area (Å²) in [5.74, 6) is -2.75. The first-order chi connectivity index (χ1) is 12.1. The topological polar surface area (TPSA) is 27.7 Å². The van der Waals surface area contributed by atoms with Crippen LogP contribution in [-0.4, -0.2) is 26.8 Å². The zero-order valence-corrected chi connectivity index (χ0v) is 15.8. The molecule has 0 saturated heterocycles. The normalized spacial score (nSPS) is 11.9. The third kappa shape index (κ3) is 8.25. The number of methoxy groups -OCH3 is 2. The van der Waals surface area contributed by atoms with E-state index in [0.717, 1.165) is 18.9 Å². The van der Waals surface area contributed by atoms with E-state index in [2.05, 4.69) is 6.92 Å². The summed E-state index contributed by atoms with van der Waals surface area (Å²) in [5.41, 5.74) is 0.677. The maximum Gasteiger partial charge on any atom is 0.282 e. The number of benzene rings is 1. The molecule has 0 aliphatic rings. The maximum atomic E-state index is 13.2. The second-order valence-corrected chi connectivity index (χ2v) is 6.31. The predicted octanol–water partition coefficient (Wildman–Crippen LogP) is 5.61. The first-order valence-corrected chi connectivity index (χ1v) is 9.25. The summed E-state index contributed by atoms with van der Waals surface area (Å²) in [7, 11) is 3.12. The molecule has 1 aromatic carbocycles. The van der Waals surface area contributed by atoms with Gasteiger partial charge in [-0.3, -0.25) is 0 Å². The van der Waals surface area contributed by atoms with Gasteiger partial charge in [-0.2, -0.15) is 0 Å². The lowest BCUT2D eigenvalue weighted by atomic mass is 10.1. The molecule has 0 aliphatic carbocycles. The number of unbranched alkanes of at least 4 members (excludes halogenated alkanes) is 6. The minimum absolute atomic E-state index is 0.309. The van der Waals surface area contributed by atoms with Crippen LogP contribution in [0.15, 0.2) is 18.2 Å². The van der Waals surface area contributed by atoms with E-state index in [1.54, 1.807) is 20.3 Å². The lowest BCUT2D eigenvalue weighted by Crippen LogP contribution is -2.37. The summed E-state index contributed by atoms with van der Waals surface area (Å²) >= 11 is 0. The van der Waals surface area contributed by atoms with Crippen molar-refractivity contribution in [1.82, 2.24) is 0 Å². The van der Waals surface area contributed by atoms with Gasteiger partial charge < -0.3 is 14.2 Å². The Bertz CT molecular complexity index is 476. The van der Waals surface area contributed by atoms with Crippen molar-refractivity contribution in [2.24, 2.45) is 0 Å². The molecule has 0 atom stereocenters. The molecule has 0 saturated carbocycles. The van der Waals surface area contributed by atoms with E-state index in [-0.39, 0.29) is 0 Å². The van der Waals surface area contributed by atoms with Crippen molar-refractivity contribution in [3.63, 3.8) is 0 Å². The van der Waals surface area contributed by atoms with E-state index in [1.165, 1.54) is 38.2 Å². The third-order valence-corrected chi connectivity index (χ3v) is 4.41. The minimum Gasteiger partial charge on any atom is -0.331 e. The number of hydrogen-bond donors (Lipinski definition) is 0. The van der Waals surface area contributed by atoms with Gasteiger partial charge in [0.15, 0.2) is 11.6 Å². The van der Waals surface area contributed by atoms with Crippen LogP contribution in [0.25, 0.3) is 0 Å². The minimum atomic E-state index is -1.07. The first kappa shape index (κ1) is 22.0. The summed E-state index contributed by atoms with van der Waals surface area (Å²) in [6, 6.07) is 3.87. The van der Waals surface area contributed by atoms with Crippen LogP contribution in [0.3, 0.4) is 0 Å². The smallest absolute Gasteiger partial charge is 0.282 e. The van der Waals surface area contributed by atoms with Gasteiger partial charge in [0.2, 0.25) is 0 Å². The fourth-order valence-corrected chi connectivity index (χ4v) is 2.80. The van der Waals surface area contributed by atoms with E-state index in [1.807, 2.05) is 0 Å². The molecule has 0 N–H and O–H groups in total. The molecule has 25 heavy (non-hydrogen) atoms. The standard InChI is InChI=1S/C20H32F2O3/c1-4-5-6-7-8-9-10-14-20(23-2,24-3)25-15-13-17-11-12-18(21)19(22)16-17/h11-12,16H,4-10,13-15H2,1-3H3. The molecule has 0 aromatic heterocycles. The van der Waals surface area contributed by atoms with Gasteiger partial charge in [-0.15, -0.1) is 0 Å². The van der Waals surface area contributed by atoms with Crippen molar-refractivity contribution < 1.29 is 23.0 Å². The van der Waals surface area contributed by atoms with Crippen LogP contribution in [0.4, 0.5) is 8.78 Å². The van der Waals surface area contributed by atoms with E-state index in [0.29, 0.717) is 25.0 Å². The average molecular weight is 358 g/mol. The molecular formula is C20H32F2O3. The van der Waals surface area contributed by atoms with Gasteiger partial charge >= 0.3 is 0 Å². The Morgan fingerprint density at radius 1 is 0.880 bits per heavy atom. The summed E-state index contributed by atoms with van der Waals surface area (Å²) in [6.45, 7) is 2.52. The Labute approximate surface area is 150 Å². The van der Waals surface area contributed by atoms with Crippen LogP contribution in [0, 0.1) is 11.6 Å². The summed E-state index contributed by atoms with van der Waals surface area (Å²) in [5, 5.41) is 0. The second-order valence-electron chi connectivity index (χ2n) is 6.31. The second kappa shape index (κ2) is 12.3. The fourth-order valence-electron chi connectivity index (χ4n) is 2.80. The van der Waals surface area contributed by atoms with Crippen molar-refractivity contribution >= 4 is 0 Å². The Balaban J connectivity index is 2.34. The molecule has 1 aromatic rings. The van der Waals surface area contributed by atoms with Crippen LogP contribution in [0.5, 0.6) is 0 Å². The Hall–Kier alpha value is -1.04. The molecule has 0 aliphatic heterocycles. The highest BCUT2D eigenvalue weighted by atomic mass is 19.2. The largest absolute Gasteiger partial charge is 0.331 e. The van der Waals surface area contributed by atoms with Crippen molar-refractivity contribution in [3.05, 3.63) is 35.4 Å². The van der Waals surface area contributed by atoms with Crippen molar-refractivity contribution in [1.29, 1.82) is 0 Å². The van der Waals surface area contributed by atoms with Crippen molar-refractivity contribution in [2.75, 3.05) is 20.8 Å². The molecule has 0 spiro atoms. The van der Waals surface area contributed by atoms with Gasteiger partial charge in [-0.1, -0.05) is 51.5 Å². The SMILES string of the molecule is CCCCCCCCCC(OC)(OC)OCCc1ccc(F)c(F)c1. The number of ether oxygens (including phenoxy) is 3. The van der Waals surface area contributed by atoms with Gasteiger partial charge in [-0.25, -0.2) is 8.78 Å². The third-order valence-electron chi connectivity index (χ3n) is 4.41. The van der Waals surface area contributed by atoms with Crippen LogP contribution in [-0.2, 0) is 20.6 Å². The molecule has 0 unspecified atom stereocenters. The monoisotopic (exact) mass is 358 g/mol. The van der Waals surface area contributed by atoms with Gasteiger partial charge in [0.25, 0.3) is 5.97 Å². The molecule has 1 rings (SSSR count). The Morgan fingerprint density at radius 3 is 2.12 bits per heavy atom. The zero-order chi connectivity index (χ0) is 18.5. The summed E-state index contributed by atoms with van der Waals surface area (Å²) < 4.78 is 42.8. The predicted molar refractivity (Wildman–Crippen MR) is 95.4 cm³/mol. The molecule has 5 heteroatoms. The highest BCUT2D eigenvalue weighted by Crippen LogP contribution is 2.23. The average Bonchev–Trinajstić information content (AvgIpc) is 2.62. The zero-order valence-electron chi connectivity index (χ0n) is 15.8. The molecule has 144 valence electrons. The van der Waals surface area contributed by atoms with Gasteiger partial charge in [-0.05, 0) is 30.5 Å². The van der Waals surface area contributed by atoms with E-state index >= 15 is 0 Å². The lowest BCUT2D eigenvalue weighted by molar-refractivity contribution is -0.365. The summed E-state index contributed by atoms with van der Waals surface area (Å²) in [4.78, 5) is 0. The fraction of sp³-hybridized carbons (Fsp3) is 0.700. The van der Waals surface area contributed by atoms with Gasteiger partial charge in [0.05, 0.1) is 6.61 Å². The van der Waals surface area contributed by atoms with Crippen LogP contribution < -0.4 is 0 Å². The molecule has 0 bridgehead atoms. The molecule has 0 radical (unpaired) electrons. The van der Waals surface area contributed by atoms with Gasteiger partial charge in [0.1, 0.15) is 0 Å². The quantitative estimate of drug-likeness (QED) is 0.319. The highest BCUT2D eigenvalue weighted by Gasteiger charge is 2.30. The molecule has 0 fully saturated rings. The van der Waals surface area contributed by atoms with Crippen molar-refractivity contribution in [2.45, 2.75) is 70.7 Å².